The molecule has 1 atom stereocenters. The lowest BCUT2D eigenvalue weighted by Gasteiger charge is -2.31. The van der Waals surface area contributed by atoms with Gasteiger partial charge in [0.25, 0.3) is 0 Å². The molecule has 2 aromatic rings. The predicted molar refractivity (Wildman–Crippen MR) is 129 cm³/mol. The highest BCUT2D eigenvalue weighted by Gasteiger charge is 2.27. The van der Waals surface area contributed by atoms with Crippen molar-refractivity contribution in [3.8, 4) is 0 Å². The van der Waals surface area contributed by atoms with E-state index in [4.69, 9.17) is 0 Å². The standard InChI is InChI=1S/C26H34N4O2/c1-20(31)28(2)25-14-17-30(18-25)24-10-8-23(9-11-24)27-26(32)19-29-15-12-22(13-16-29)21-6-4-3-5-7-21/h3-11,22,25H,12-19H2,1-2H3,(H,27,32). The van der Waals surface area contributed by atoms with Gasteiger partial charge in [0.2, 0.25) is 11.8 Å². The van der Waals surface area contributed by atoms with Gasteiger partial charge in [0, 0.05) is 38.4 Å². The predicted octanol–water partition coefficient (Wildman–Crippen LogP) is 3.56. The van der Waals surface area contributed by atoms with Crippen LogP contribution in [0.15, 0.2) is 54.6 Å². The fourth-order valence-corrected chi connectivity index (χ4v) is 4.86. The highest BCUT2D eigenvalue weighted by Crippen LogP contribution is 2.28. The van der Waals surface area contributed by atoms with Crippen molar-refractivity contribution in [2.75, 3.05) is 50.0 Å². The lowest BCUT2D eigenvalue weighted by atomic mass is 9.89. The summed E-state index contributed by atoms with van der Waals surface area (Å²) >= 11 is 0. The molecule has 2 aliphatic heterocycles. The van der Waals surface area contributed by atoms with Crippen LogP contribution >= 0.6 is 0 Å². The van der Waals surface area contributed by atoms with Crippen LogP contribution < -0.4 is 10.2 Å². The molecule has 1 N–H and O–H groups in total. The van der Waals surface area contributed by atoms with E-state index in [9.17, 15) is 9.59 Å². The highest BCUT2D eigenvalue weighted by molar-refractivity contribution is 5.92. The summed E-state index contributed by atoms with van der Waals surface area (Å²) in [4.78, 5) is 30.5. The molecule has 0 bridgehead atoms. The number of rotatable bonds is 6. The number of hydrogen-bond donors (Lipinski definition) is 1. The Hall–Kier alpha value is -2.86. The number of nitrogens with zero attached hydrogens (tertiary/aromatic N) is 3. The van der Waals surface area contributed by atoms with Gasteiger partial charge in [0.15, 0.2) is 0 Å². The van der Waals surface area contributed by atoms with Crippen molar-refractivity contribution in [1.29, 1.82) is 0 Å². The van der Waals surface area contributed by atoms with Crippen molar-refractivity contribution < 1.29 is 9.59 Å². The van der Waals surface area contributed by atoms with Gasteiger partial charge in [0.1, 0.15) is 0 Å². The molecule has 0 aromatic heterocycles. The van der Waals surface area contributed by atoms with E-state index in [0.29, 0.717) is 12.5 Å². The summed E-state index contributed by atoms with van der Waals surface area (Å²) in [6.07, 6.45) is 3.18. The van der Waals surface area contributed by atoms with E-state index in [1.807, 2.05) is 24.1 Å². The van der Waals surface area contributed by atoms with E-state index >= 15 is 0 Å². The Morgan fingerprint density at radius 1 is 0.969 bits per heavy atom. The number of piperidine rings is 1. The van der Waals surface area contributed by atoms with Crippen LogP contribution in [-0.4, -0.2) is 67.4 Å². The molecule has 2 aliphatic rings. The second kappa shape index (κ2) is 10.2. The maximum Gasteiger partial charge on any atom is 0.238 e. The lowest BCUT2D eigenvalue weighted by molar-refractivity contribution is -0.129. The maximum atomic E-state index is 12.6. The minimum Gasteiger partial charge on any atom is -0.369 e. The average Bonchev–Trinajstić information content (AvgIpc) is 3.30. The van der Waals surface area contributed by atoms with E-state index in [1.165, 1.54) is 5.56 Å². The maximum absolute atomic E-state index is 12.6. The van der Waals surface area contributed by atoms with Crippen LogP contribution in [0.2, 0.25) is 0 Å². The van der Waals surface area contributed by atoms with E-state index in [2.05, 4.69) is 57.6 Å². The van der Waals surface area contributed by atoms with Crippen molar-refractivity contribution in [3.63, 3.8) is 0 Å². The lowest BCUT2D eigenvalue weighted by Crippen LogP contribution is -2.38. The van der Waals surface area contributed by atoms with Crippen LogP contribution in [0.25, 0.3) is 0 Å². The van der Waals surface area contributed by atoms with Crippen LogP contribution in [0, 0.1) is 0 Å². The first-order valence-electron chi connectivity index (χ1n) is 11.6. The largest absolute Gasteiger partial charge is 0.369 e. The molecule has 0 aliphatic carbocycles. The number of likely N-dealkylation sites (tertiary alicyclic amines) is 1. The molecule has 2 saturated heterocycles. The first-order valence-corrected chi connectivity index (χ1v) is 11.6. The van der Waals surface area contributed by atoms with E-state index in [-0.39, 0.29) is 17.9 Å². The summed E-state index contributed by atoms with van der Waals surface area (Å²) in [5.74, 6) is 0.753. The van der Waals surface area contributed by atoms with Crippen LogP contribution in [0.4, 0.5) is 11.4 Å². The minimum absolute atomic E-state index is 0.0419. The highest BCUT2D eigenvalue weighted by atomic mass is 16.2. The van der Waals surface area contributed by atoms with E-state index in [1.54, 1.807) is 6.92 Å². The molecule has 2 amide bonds. The molecule has 0 spiro atoms. The topological polar surface area (TPSA) is 55.9 Å². The Kier molecular flexibility index (Phi) is 7.10. The fourth-order valence-electron chi connectivity index (χ4n) is 4.86. The van der Waals surface area contributed by atoms with Crippen molar-refractivity contribution in [2.24, 2.45) is 0 Å². The van der Waals surface area contributed by atoms with Crippen LogP contribution in [0.3, 0.4) is 0 Å². The van der Waals surface area contributed by atoms with Gasteiger partial charge in [-0.15, -0.1) is 0 Å². The van der Waals surface area contributed by atoms with Gasteiger partial charge in [-0.2, -0.15) is 0 Å². The van der Waals surface area contributed by atoms with Crippen molar-refractivity contribution >= 4 is 23.2 Å². The summed E-state index contributed by atoms with van der Waals surface area (Å²) in [5, 5.41) is 3.04. The number of likely N-dealkylation sites (N-methyl/N-ethyl adjacent to an activating group) is 1. The summed E-state index contributed by atoms with van der Waals surface area (Å²) in [6.45, 7) is 5.75. The van der Waals surface area contributed by atoms with E-state index in [0.717, 1.165) is 56.8 Å². The fraction of sp³-hybridized carbons (Fsp3) is 0.462. The van der Waals surface area contributed by atoms with Crippen LogP contribution in [-0.2, 0) is 9.59 Å². The molecule has 6 heteroatoms. The minimum atomic E-state index is 0.0419. The zero-order valence-corrected chi connectivity index (χ0v) is 19.2. The van der Waals surface area contributed by atoms with Gasteiger partial charge in [0.05, 0.1) is 12.6 Å². The molecule has 6 nitrogen and oxygen atoms in total. The van der Waals surface area contributed by atoms with Gasteiger partial charge < -0.3 is 15.1 Å². The summed E-state index contributed by atoms with van der Waals surface area (Å²) in [7, 11) is 1.87. The van der Waals surface area contributed by atoms with Crippen molar-refractivity contribution in [1.82, 2.24) is 9.80 Å². The Labute approximate surface area is 191 Å². The summed E-state index contributed by atoms with van der Waals surface area (Å²) in [6, 6.07) is 19.0. The monoisotopic (exact) mass is 434 g/mol. The summed E-state index contributed by atoms with van der Waals surface area (Å²) in [5.41, 5.74) is 3.37. The van der Waals surface area contributed by atoms with Gasteiger partial charge in [-0.1, -0.05) is 30.3 Å². The smallest absolute Gasteiger partial charge is 0.238 e. The normalized spacial score (nSPS) is 19.7. The number of carbonyl (C=O) groups is 2. The van der Waals surface area contributed by atoms with Crippen molar-refractivity contribution in [3.05, 3.63) is 60.2 Å². The zero-order chi connectivity index (χ0) is 22.5. The molecule has 0 radical (unpaired) electrons. The molecule has 2 aromatic carbocycles. The van der Waals surface area contributed by atoms with Crippen molar-refractivity contribution in [2.45, 2.75) is 38.1 Å². The Morgan fingerprint density at radius 2 is 1.66 bits per heavy atom. The number of carbonyl (C=O) groups excluding carboxylic acids is 2. The molecule has 2 heterocycles. The second-order valence-electron chi connectivity index (χ2n) is 9.07. The van der Waals surface area contributed by atoms with Crippen LogP contribution in [0.1, 0.15) is 37.7 Å². The summed E-state index contributed by atoms with van der Waals surface area (Å²) < 4.78 is 0. The van der Waals surface area contributed by atoms with Gasteiger partial charge in [-0.3, -0.25) is 14.5 Å². The average molecular weight is 435 g/mol. The third kappa shape index (κ3) is 5.49. The molecular formula is C26H34N4O2. The molecular weight excluding hydrogens is 400 g/mol. The number of hydrogen-bond acceptors (Lipinski definition) is 4. The number of anilines is 2. The SMILES string of the molecule is CC(=O)N(C)C1CCN(c2ccc(NC(=O)CN3CCC(c4ccccc4)CC3)cc2)C1. The third-order valence-electron chi connectivity index (χ3n) is 6.95. The van der Waals surface area contributed by atoms with Gasteiger partial charge >= 0.3 is 0 Å². The molecule has 170 valence electrons. The molecule has 32 heavy (non-hydrogen) atoms. The number of nitrogens with one attached hydrogen (secondary N) is 1. The molecule has 1 unspecified atom stereocenters. The molecule has 2 fully saturated rings. The van der Waals surface area contributed by atoms with Gasteiger partial charge in [-0.05, 0) is 68.1 Å². The first-order chi connectivity index (χ1) is 15.5. The first kappa shape index (κ1) is 22.3. The quantitative estimate of drug-likeness (QED) is 0.755. The number of amides is 2. The Morgan fingerprint density at radius 3 is 2.31 bits per heavy atom. The van der Waals surface area contributed by atoms with Gasteiger partial charge in [-0.25, -0.2) is 0 Å². The van der Waals surface area contributed by atoms with Crippen LogP contribution in [0.5, 0.6) is 0 Å². The molecule has 4 rings (SSSR count). The van der Waals surface area contributed by atoms with E-state index < -0.39 is 0 Å². The third-order valence-corrected chi connectivity index (χ3v) is 6.95. The zero-order valence-electron chi connectivity index (χ0n) is 19.2. The number of benzene rings is 2. The second-order valence-corrected chi connectivity index (χ2v) is 9.07. The Bertz CT molecular complexity index is 907. The Balaban J connectivity index is 1.23. The molecule has 0 saturated carbocycles.